The standard InChI is InChI=1S/C28H34N8O2/c1-8-24(37)30-21-15-22(27(38-7)33-26(21)35(5)14-13-34(3)4)31-28-29-16-18(2)25(32-28)20-17-36(6)23-12-10-9-11-19(20)23/h8-12,15-17H,1,13-14H2,2-7H3,(H,30,37)(H,29,31,32). The number of benzene rings is 1. The number of aromatic nitrogens is 4. The van der Waals surface area contributed by atoms with Gasteiger partial charge in [0.05, 0.1) is 18.5 Å². The third-order valence-electron chi connectivity index (χ3n) is 6.22. The van der Waals surface area contributed by atoms with Crippen molar-refractivity contribution in [2.24, 2.45) is 7.05 Å². The van der Waals surface area contributed by atoms with Crippen LogP contribution in [0.15, 0.2) is 55.4 Å². The number of carbonyl (C=O) groups excluding carboxylic acids is 1. The smallest absolute Gasteiger partial charge is 0.247 e. The topological polar surface area (TPSA) is 100 Å². The number of aryl methyl sites for hydroxylation is 2. The molecule has 198 valence electrons. The van der Waals surface area contributed by atoms with Crippen LogP contribution in [0, 0.1) is 6.92 Å². The zero-order valence-corrected chi connectivity index (χ0v) is 22.7. The van der Waals surface area contributed by atoms with Gasteiger partial charge >= 0.3 is 0 Å². The molecule has 0 radical (unpaired) electrons. The van der Waals surface area contributed by atoms with Crippen molar-refractivity contribution in [1.82, 2.24) is 24.4 Å². The maximum atomic E-state index is 12.2. The minimum absolute atomic E-state index is 0.338. The number of nitrogens with zero attached hydrogens (tertiary/aromatic N) is 6. The summed E-state index contributed by atoms with van der Waals surface area (Å²) < 4.78 is 7.71. The fraction of sp³-hybridized carbons (Fsp3) is 0.286. The quantitative estimate of drug-likeness (QED) is 0.304. The van der Waals surface area contributed by atoms with E-state index >= 15 is 0 Å². The van der Waals surface area contributed by atoms with Gasteiger partial charge in [0.2, 0.25) is 17.7 Å². The first-order chi connectivity index (χ1) is 18.2. The summed E-state index contributed by atoms with van der Waals surface area (Å²) in [6.07, 6.45) is 5.09. The molecule has 0 spiro atoms. The van der Waals surface area contributed by atoms with Crippen LogP contribution < -0.4 is 20.3 Å². The van der Waals surface area contributed by atoms with E-state index in [-0.39, 0.29) is 5.91 Å². The van der Waals surface area contributed by atoms with E-state index < -0.39 is 0 Å². The van der Waals surface area contributed by atoms with Gasteiger partial charge in [0, 0.05) is 56.0 Å². The minimum Gasteiger partial charge on any atom is -0.479 e. The summed E-state index contributed by atoms with van der Waals surface area (Å²) >= 11 is 0. The second-order valence-electron chi connectivity index (χ2n) is 9.36. The maximum Gasteiger partial charge on any atom is 0.247 e. The van der Waals surface area contributed by atoms with Gasteiger partial charge in [-0.1, -0.05) is 24.8 Å². The number of carbonyl (C=O) groups is 1. The van der Waals surface area contributed by atoms with Crippen LogP contribution in [0.4, 0.5) is 23.1 Å². The highest BCUT2D eigenvalue weighted by atomic mass is 16.5. The number of methoxy groups -OCH3 is 1. The number of fused-ring (bicyclic) bond motifs is 1. The van der Waals surface area contributed by atoms with Gasteiger partial charge in [-0.05, 0) is 44.8 Å². The molecule has 0 fully saturated rings. The van der Waals surface area contributed by atoms with Crippen molar-refractivity contribution < 1.29 is 9.53 Å². The molecular weight excluding hydrogens is 480 g/mol. The highest BCUT2D eigenvalue weighted by molar-refractivity contribution is 6.01. The van der Waals surface area contributed by atoms with E-state index in [0.717, 1.165) is 34.3 Å². The number of nitrogens with one attached hydrogen (secondary N) is 2. The van der Waals surface area contributed by atoms with Crippen molar-refractivity contribution in [2.75, 3.05) is 56.9 Å². The largest absolute Gasteiger partial charge is 0.479 e. The molecule has 4 rings (SSSR count). The second kappa shape index (κ2) is 11.3. The molecule has 1 aromatic carbocycles. The summed E-state index contributed by atoms with van der Waals surface area (Å²) in [4.78, 5) is 30.3. The zero-order valence-electron chi connectivity index (χ0n) is 22.7. The van der Waals surface area contributed by atoms with Crippen molar-refractivity contribution in [3.05, 3.63) is 60.9 Å². The maximum absolute atomic E-state index is 12.2. The molecule has 1 amide bonds. The monoisotopic (exact) mass is 514 g/mol. The van der Waals surface area contributed by atoms with E-state index in [2.05, 4.69) is 50.0 Å². The lowest BCUT2D eigenvalue weighted by Gasteiger charge is -2.24. The van der Waals surface area contributed by atoms with Crippen LogP contribution >= 0.6 is 0 Å². The molecule has 2 N–H and O–H groups in total. The van der Waals surface area contributed by atoms with Crippen molar-refractivity contribution in [3.63, 3.8) is 0 Å². The fourth-order valence-electron chi connectivity index (χ4n) is 4.18. The van der Waals surface area contributed by atoms with Crippen LogP contribution in [0.2, 0.25) is 0 Å². The van der Waals surface area contributed by atoms with Gasteiger partial charge in [-0.3, -0.25) is 4.79 Å². The molecule has 0 unspecified atom stereocenters. The van der Waals surface area contributed by atoms with E-state index in [1.165, 1.54) is 6.08 Å². The SMILES string of the molecule is C=CC(=O)Nc1cc(Nc2ncc(C)c(-c3cn(C)c4ccccc34)n2)c(OC)nc1N(C)CCN(C)C. The predicted octanol–water partition coefficient (Wildman–Crippen LogP) is 4.21. The van der Waals surface area contributed by atoms with Gasteiger partial charge in [0.1, 0.15) is 5.69 Å². The number of rotatable bonds is 10. The van der Waals surface area contributed by atoms with Crippen LogP contribution in [-0.4, -0.2) is 71.7 Å². The van der Waals surface area contributed by atoms with Gasteiger partial charge < -0.3 is 29.7 Å². The van der Waals surface area contributed by atoms with E-state index in [4.69, 9.17) is 14.7 Å². The molecule has 10 heteroatoms. The summed E-state index contributed by atoms with van der Waals surface area (Å²) in [7, 11) is 9.50. The summed E-state index contributed by atoms with van der Waals surface area (Å²) in [5, 5.41) is 7.22. The molecule has 0 saturated carbocycles. The number of para-hydroxylation sites is 1. The zero-order chi connectivity index (χ0) is 27.4. The molecule has 0 aliphatic rings. The van der Waals surface area contributed by atoms with Crippen LogP contribution in [0.25, 0.3) is 22.2 Å². The third kappa shape index (κ3) is 5.60. The predicted molar refractivity (Wildman–Crippen MR) is 153 cm³/mol. The molecule has 0 atom stereocenters. The highest BCUT2D eigenvalue weighted by Crippen LogP contribution is 2.36. The number of anilines is 4. The Kier molecular flexibility index (Phi) is 7.92. The first-order valence-corrected chi connectivity index (χ1v) is 12.2. The molecule has 38 heavy (non-hydrogen) atoms. The van der Waals surface area contributed by atoms with Crippen molar-refractivity contribution in [1.29, 1.82) is 0 Å². The van der Waals surface area contributed by atoms with Gasteiger partial charge in [-0.15, -0.1) is 0 Å². The number of pyridine rings is 1. The molecule has 4 aromatic rings. The summed E-state index contributed by atoms with van der Waals surface area (Å²) in [6, 6.07) is 9.99. The van der Waals surface area contributed by atoms with Gasteiger partial charge in [-0.25, -0.2) is 9.97 Å². The van der Waals surface area contributed by atoms with E-state index in [0.29, 0.717) is 35.6 Å². The number of hydrogen-bond donors (Lipinski definition) is 2. The van der Waals surface area contributed by atoms with Crippen LogP contribution in [-0.2, 0) is 11.8 Å². The first-order valence-electron chi connectivity index (χ1n) is 12.2. The van der Waals surface area contributed by atoms with E-state index in [9.17, 15) is 4.79 Å². The summed E-state index contributed by atoms with van der Waals surface area (Å²) in [5.74, 6) is 0.971. The van der Waals surface area contributed by atoms with E-state index in [1.54, 1.807) is 19.4 Å². The average Bonchev–Trinajstić information content (AvgIpc) is 3.24. The fourth-order valence-corrected chi connectivity index (χ4v) is 4.18. The number of ether oxygens (including phenoxy) is 1. The van der Waals surface area contributed by atoms with Gasteiger partial charge in [0.15, 0.2) is 5.82 Å². The average molecular weight is 515 g/mol. The molecule has 0 aliphatic heterocycles. The molecule has 3 aromatic heterocycles. The lowest BCUT2D eigenvalue weighted by Crippen LogP contribution is -2.30. The molecule has 10 nitrogen and oxygen atoms in total. The molecule has 0 aliphatic carbocycles. The van der Waals surface area contributed by atoms with Gasteiger partial charge in [-0.2, -0.15) is 4.98 Å². The van der Waals surface area contributed by atoms with Crippen LogP contribution in [0.3, 0.4) is 0 Å². The summed E-state index contributed by atoms with van der Waals surface area (Å²) in [5.41, 5.74) is 4.95. The molecule has 0 bridgehead atoms. The Bertz CT molecular complexity index is 1480. The molecule has 3 heterocycles. The Morgan fingerprint density at radius 2 is 1.92 bits per heavy atom. The second-order valence-corrected chi connectivity index (χ2v) is 9.36. The normalized spacial score (nSPS) is 11.0. The Labute approximate surface area is 223 Å². The van der Waals surface area contributed by atoms with E-state index in [1.807, 2.05) is 52.1 Å². The molecular formula is C28H34N8O2. The molecule has 0 saturated heterocycles. The Hall–Kier alpha value is -4.44. The van der Waals surface area contributed by atoms with Crippen LogP contribution in [0.1, 0.15) is 5.56 Å². The first kappa shape index (κ1) is 26.6. The lowest BCUT2D eigenvalue weighted by atomic mass is 10.1. The van der Waals surface area contributed by atoms with Gasteiger partial charge in [0.25, 0.3) is 0 Å². The number of likely N-dealkylation sites (N-methyl/N-ethyl adjacent to an activating group) is 2. The minimum atomic E-state index is -0.338. The summed E-state index contributed by atoms with van der Waals surface area (Å²) in [6.45, 7) is 7.07. The van der Waals surface area contributed by atoms with Crippen molar-refractivity contribution >= 4 is 40.0 Å². The Morgan fingerprint density at radius 1 is 1.16 bits per heavy atom. The lowest BCUT2D eigenvalue weighted by molar-refractivity contribution is -0.111. The third-order valence-corrected chi connectivity index (χ3v) is 6.22. The van der Waals surface area contributed by atoms with Crippen molar-refractivity contribution in [2.45, 2.75) is 6.92 Å². The Morgan fingerprint density at radius 3 is 2.63 bits per heavy atom. The number of hydrogen-bond acceptors (Lipinski definition) is 8. The Balaban J connectivity index is 1.74. The number of amides is 1. The highest BCUT2D eigenvalue weighted by Gasteiger charge is 2.19. The van der Waals surface area contributed by atoms with Crippen molar-refractivity contribution in [3.8, 4) is 17.1 Å². The van der Waals surface area contributed by atoms with Crippen LogP contribution in [0.5, 0.6) is 5.88 Å².